The van der Waals surface area contributed by atoms with Crippen LogP contribution in [-0.4, -0.2) is 68.7 Å². The van der Waals surface area contributed by atoms with Crippen LogP contribution in [0.4, 0.5) is 0 Å². The highest BCUT2D eigenvalue weighted by Crippen LogP contribution is 2.34. The molecule has 36 heavy (non-hydrogen) atoms. The molecule has 0 bridgehead atoms. The molecule has 0 spiro atoms. The van der Waals surface area contributed by atoms with Gasteiger partial charge in [-0.3, -0.25) is 9.59 Å². The van der Waals surface area contributed by atoms with Crippen molar-refractivity contribution in [3.63, 3.8) is 0 Å². The van der Waals surface area contributed by atoms with Gasteiger partial charge in [-0.05, 0) is 65.9 Å². The van der Waals surface area contributed by atoms with Crippen molar-refractivity contribution in [2.45, 2.75) is 12.5 Å². The number of carbonyl (C=O) groups is 2. The topological polar surface area (TPSA) is 68.3 Å². The van der Waals surface area contributed by atoms with Crippen molar-refractivity contribution in [1.82, 2.24) is 9.80 Å². The lowest BCUT2D eigenvalue weighted by molar-refractivity contribution is -0.135. The zero-order valence-corrected chi connectivity index (χ0v) is 21.9. The standard InChI is InChI=1S/C27H29ClN2O5S/c1-33-14-13-29(27(32)19-4-3-5-22(16-19)34-2)17-26(31)30-12-10-25-23(11-15-36-25)24(30)18-35-21-8-6-20(28)7-9-21/h3-9,11,15-16,24H,10,12-14,17-18H2,1-2H3/t24-/m1/s1. The van der Waals surface area contributed by atoms with Crippen LogP contribution in [0.3, 0.4) is 0 Å². The zero-order valence-electron chi connectivity index (χ0n) is 20.3. The molecule has 0 radical (unpaired) electrons. The van der Waals surface area contributed by atoms with Crippen LogP contribution >= 0.6 is 22.9 Å². The SMILES string of the molecule is COCCN(CC(=O)N1CCc2sccc2[C@H]1COc1ccc(Cl)cc1)C(=O)c1cccc(OC)c1. The van der Waals surface area contributed by atoms with Crippen molar-refractivity contribution in [3.05, 3.63) is 81.0 Å². The van der Waals surface area contributed by atoms with Gasteiger partial charge < -0.3 is 24.0 Å². The third kappa shape index (κ3) is 6.19. The van der Waals surface area contributed by atoms with Crippen molar-refractivity contribution in [2.75, 3.05) is 47.1 Å². The number of fused-ring (bicyclic) bond motifs is 1. The molecule has 2 amide bonds. The lowest BCUT2D eigenvalue weighted by atomic mass is 10.0. The summed E-state index contributed by atoms with van der Waals surface area (Å²) in [5.41, 5.74) is 1.55. The average molecular weight is 529 g/mol. The van der Waals surface area contributed by atoms with Gasteiger partial charge in [0.15, 0.2) is 0 Å². The molecular formula is C27H29ClN2O5S. The summed E-state index contributed by atoms with van der Waals surface area (Å²) in [4.78, 5) is 31.6. The lowest BCUT2D eigenvalue weighted by Crippen LogP contribution is -2.48. The van der Waals surface area contributed by atoms with E-state index in [0.717, 1.165) is 12.0 Å². The molecule has 1 aliphatic rings. The van der Waals surface area contributed by atoms with Crippen LogP contribution in [0.25, 0.3) is 0 Å². The van der Waals surface area contributed by atoms with Gasteiger partial charge in [-0.15, -0.1) is 11.3 Å². The maximum Gasteiger partial charge on any atom is 0.254 e. The number of benzene rings is 2. The van der Waals surface area contributed by atoms with E-state index in [-0.39, 0.29) is 24.4 Å². The van der Waals surface area contributed by atoms with Crippen LogP contribution in [0, 0.1) is 0 Å². The van der Waals surface area contributed by atoms with Gasteiger partial charge in [0, 0.05) is 35.7 Å². The molecule has 0 fully saturated rings. The van der Waals surface area contributed by atoms with Gasteiger partial charge in [0.25, 0.3) is 5.91 Å². The first-order chi connectivity index (χ1) is 17.5. The molecule has 0 unspecified atom stereocenters. The maximum absolute atomic E-state index is 13.6. The first-order valence-electron chi connectivity index (χ1n) is 11.7. The highest BCUT2D eigenvalue weighted by atomic mass is 35.5. The van der Waals surface area contributed by atoms with E-state index in [9.17, 15) is 9.59 Å². The number of ether oxygens (including phenoxy) is 3. The van der Waals surface area contributed by atoms with Crippen molar-refractivity contribution in [3.8, 4) is 11.5 Å². The fourth-order valence-corrected chi connectivity index (χ4v) is 5.28. The normalized spacial score (nSPS) is 14.8. The van der Waals surface area contributed by atoms with Crippen molar-refractivity contribution >= 4 is 34.8 Å². The van der Waals surface area contributed by atoms with E-state index in [1.165, 1.54) is 9.78 Å². The van der Waals surface area contributed by atoms with E-state index in [4.69, 9.17) is 25.8 Å². The van der Waals surface area contributed by atoms with Gasteiger partial charge in [-0.25, -0.2) is 0 Å². The first-order valence-corrected chi connectivity index (χ1v) is 12.9. The second kappa shape index (κ2) is 12.3. The van der Waals surface area contributed by atoms with Gasteiger partial charge in [-0.1, -0.05) is 17.7 Å². The van der Waals surface area contributed by atoms with Crippen LogP contribution in [-0.2, 0) is 16.0 Å². The number of thiophene rings is 1. The molecule has 1 atom stereocenters. The Kier molecular flexibility index (Phi) is 8.85. The van der Waals surface area contributed by atoms with E-state index < -0.39 is 0 Å². The Hall–Kier alpha value is -3.07. The minimum absolute atomic E-state index is 0.0592. The van der Waals surface area contributed by atoms with E-state index in [0.29, 0.717) is 48.4 Å². The molecule has 2 aromatic carbocycles. The van der Waals surface area contributed by atoms with Crippen LogP contribution in [0.5, 0.6) is 11.5 Å². The predicted molar refractivity (Wildman–Crippen MR) is 140 cm³/mol. The van der Waals surface area contributed by atoms with E-state index >= 15 is 0 Å². The van der Waals surface area contributed by atoms with E-state index in [2.05, 4.69) is 6.07 Å². The predicted octanol–water partition coefficient (Wildman–Crippen LogP) is 4.70. The second-order valence-corrected chi connectivity index (χ2v) is 9.81. The number of halogens is 1. The van der Waals surface area contributed by atoms with Crippen molar-refractivity contribution in [2.24, 2.45) is 0 Å². The quantitative estimate of drug-likeness (QED) is 0.381. The number of carbonyl (C=O) groups excluding carboxylic acids is 2. The van der Waals surface area contributed by atoms with E-state index in [1.54, 1.807) is 62.0 Å². The Morgan fingerprint density at radius 2 is 1.92 bits per heavy atom. The molecule has 0 saturated carbocycles. The fourth-order valence-electron chi connectivity index (χ4n) is 4.23. The molecule has 7 nitrogen and oxygen atoms in total. The second-order valence-electron chi connectivity index (χ2n) is 8.37. The summed E-state index contributed by atoms with van der Waals surface area (Å²) in [5.74, 6) is 0.883. The summed E-state index contributed by atoms with van der Waals surface area (Å²) in [6, 6.07) is 15.9. The van der Waals surface area contributed by atoms with Crippen molar-refractivity contribution < 1.29 is 23.8 Å². The smallest absolute Gasteiger partial charge is 0.254 e. The van der Waals surface area contributed by atoms with Gasteiger partial charge >= 0.3 is 0 Å². The minimum Gasteiger partial charge on any atom is -0.497 e. The Labute approximate surface area is 220 Å². The number of methoxy groups -OCH3 is 2. The van der Waals surface area contributed by atoms with Gasteiger partial charge in [0.2, 0.25) is 5.91 Å². The van der Waals surface area contributed by atoms with Crippen molar-refractivity contribution in [1.29, 1.82) is 0 Å². The monoisotopic (exact) mass is 528 g/mol. The third-order valence-electron chi connectivity index (χ3n) is 6.13. The molecule has 2 heterocycles. The maximum atomic E-state index is 13.6. The molecule has 1 aliphatic heterocycles. The minimum atomic E-state index is -0.251. The van der Waals surface area contributed by atoms with Crippen LogP contribution < -0.4 is 9.47 Å². The Balaban J connectivity index is 1.52. The number of rotatable bonds is 10. The molecule has 0 aliphatic carbocycles. The molecule has 190 valence electrons. The molecule has 9 heteroatoms. The molecule has 3 aromatic rings. The number of hydrogen-bond acceptors (Lipinski definition) is 6. The van der Waals surface area contributed by atoms with Crippen LogP contribution in [0.2, 0.25) is 5.02 Å². The Bertz CT molecular complexity index is 1180. The molecule has 4 rings (SSSR count). The van der Waals surface area contributed by atoms with Gasteiger partial charge in [-0.2, -0.15) is 0 Å². The van der Waals surface area contributed by atoms with Gasteiger partial charge in [0.1, 0.15) is 24.7 Å². The zero-order chi connectivity index (χ0) is 25.5. The molecule has 1 aromatic heterocycles. The summed E-state index contributed by atoms with van der Waals surface area (Å²) in [5, 5.41) is 2.68. The summed E-state index contributed by atoms with van der Waals surface area (Å²) >= 11 is 7.69. The Morgan fingerprint density at radius 1 is 1.11 bits per heavy atom. The number of amides is 2. The summed E-state index contributed by atoms with van der Waals surface area (Å²) in [6.07, 6.45) is 0.776. The number of nitrogens with zero attached hydrogens (tertiary/aromatic N) is 2. The highest BCUT2D eigenvalue weighted by molar-refractivity contribution is 7.10. The number of hydrogen-bond donors (Lipinski definition) is 0. The first kappa shape index (κ1) is 26.0. The highest BCUT2D eigenvalue weighted by Gasteiger charge is 2.33. The largest absolute Gasteiger partial charge is 0.497 e. The third-order valence-corrected chi connectivity index (χ3v) is 7.38. The summed E-state index contributed by atoms with van der Waals surface area (Å²) in [6.45, 7) is 1.42. The summed E-state index contributed by atoms with van der Waals surface area (Å²) < 4.78 is 16.5. The average Bonchev–Trinajstić information content (AvgIpc) is 3.39. The Morgan fingerprint density at radius 3 is 2.67 bits per heavy atom. The molecule has 0 saturated heterocycles. The molecule has 0 N–H and O–H groups in total. The van der Waals surface area contributed by atoms with E-state index in [1.807, 2.05) is 22.4 Å². The van der Waals surface area contributed by atoms with Crippen LogP contribution in [0.1, 0.15) is 26.8 Å². The lowest BCUT2D eigenvalue weighted by Gasteiger charge is -2.37. The van der Waals surface area contributed by atoms with Gasteiger partial charge in [0.05, 0.1) is 19.8 Å². The summed E-state index contributed by atoms with van der Waals surface area (Å²) in [7, 11) is 3.12. The fraction of sp³-hybridized carbons (Fsp3) is 0.333. The molecular weight excluding hydrogens is 500 g/mol. The van der Waals surface area contributed by atoms with Crippen LogP contribution in [0.15, 0.2) is 60.0 Å².